The third-order valence-corrected chi connectivity index (χ3v) is 3.57. The highest BCUT2D eigenvalue weighted by Gasteiger charge is 2.15. The minimum atomic E-state index is 0.443. The van der Waals surface area contributed by atoms with E-state index >= 15 is 0 Å². The Morgan fingerprint density at radius 2 is 2.10 bits per heavy atom. The summed E-state index contributed by atoms with van der Waals surface area (Å²) in [6, 6.07) is 8.90. The van der Waals surface area contributed by atoms with Gasteiger partial charge in [0.05, 0.1) is 18.4 Å². The number of ether oxygens (including phenoxy) is 1. The number of methoxy groups -OCH3 is 1. The first-order valence-electron chi connectivity index (χ1n) is 5.78. The van der Waals surface area contributed by atoms with E-state index in [9.17, 15) is 0 Å². The largest absolute Gasteiger partial charge is 0.496 e. The lowest BCUT2D eigenvalue weighted by atomic mass is 10.2. The molecule has 0 aliphatic rings. The van der Waals surface area contributed by atoms with Crippen molar-refractivity contribution in [3.8, 4) is 17.2 Å². The second-order valence-corrected chi connectivity index (χ2v) is 5.56. The summed E-state index contributed by atoms with van der Waals surface area (Å²) in [7, 11) is 1.57. The molecular formula is C14H10BrClN2O2. The number of hydrogen-bond acceptors (Lipinski definition) is 4. The van der Waals surface area contributed by atoms with E-state index in [1.807, 2.05) is 6.07 Å². The van der Waals surface area contributed by atoms with Gasteiger partial charge in [-0.1, -0.05) is 27.5 Å². The molecule has 0 fully saturated rings. The van der Waals surface area contributed by atoms with E-state index in [-0.39, 0.29) is 0 Å². The number of fused-ring (bicyclic) bond motifs is 1. The molecule has 2 aromatic carbocycles. The van der Waals surface area contributed by atoms with Crippen molar-refractivity contribution in [3.63, 3.8) is 0 Å². The first kappa shape index (κ1) is 13.3. The van der Waals surface area contributed by atoms with Crippen molar-refractivity contribution >= 4 is 44.3 Å². The average Bonchev–Trinajstić information content (AvgIpc) is 2.82. The van der Waals surface area contributed by atoms with Crippen molar-refractivity contribution < 1.29 is 9.15 Å². The first-order valence-corrected chi connectivity index (χ1v) is 6.95. The molecule has 1 aromatic heterocycles. The smallest absolute Gasteiger partial charge is 0.231 e. The van der Waals surface area contributed by atoms with E-state index < -0.39 is 0 Å². The maximum absolute atomic E-state index is 5.95. The van der Waals surface area contributed by atoms with Crippen molar-refractivity contribution in [1.82, 2.24) is 4.98 Å². The Bertz CT molecular complexity index is 801. The Labute approximate surface area is 128 Å². The molecule has 0 atom stereocenters. The average molecular weight is 354 g/mol. The number of nitrogens with two attached hydrogens (primary N) is 1. The molecule has 0 aliphatic heterocycles. The summed E-state index contributed by atoms with van der Waals surface area (Å²) in [4.78, 5) is 4.44. The number of anilines is 1. The van der Waals surface area contributed by atoms with Crippen LogP contribution < -0.4 is 10.5 Å². The molecule has 0 amide bonds. The fourth-order valence-electron chi connectivity index (χ4n) is 1.98. The molecule has 0 saturated carbocycles. The van der Waals surface area contributed by atoms with Gasteiger partial charge >= 0.3 is 0 Å². The topological polar surface area (TPSA) is 61.3 Å². The van der Waals surface area contributed by atoms with E-state index in [0.717, 1.165) is 10.0 Å². The van der Waals surface area contributed by atoms with Gasteiger partial charge in [0.2, 0.25) is 5.89 Å². The van der Waals surface area contributed by atoms with Gasteiger partial charge in [-0.25, -0.2) is 4.98 Å². The Hall–Kier alpha value is -1.72. The van der Waals surface area contributed by atoms with Crippen LogP contribution in [0.5, 0.6) is 5.75 Å². The standard InChI is InChI=1S/C14H10BrClN2O2/c1-19-12-6-8(16)2-3-9(12)14-18-11-5-7(15)4-10(17)13(11)20-14/h2-6H,17H2,1H3. The zero-order chi connectivity index (χ0) is 14.3. The summed E-state index contributed by atoms with van der Waals surface area (Å²) in [6.07, 6.45) is 0. The van der Waals surface area contributed by atoms with E-state index in [0.29, 0.717) is 33.4 Å². The molecule has 3 aromatic rings. The summed E-state index contributed by atoms with van der Waals surface area (Å²) in [5.41, 5.74) is 8.42. The Balaban J connectivity index is 2.22. The molecule has 4 nitrogen and oxygen atoms in total. The summed E-state index contributed by atoms with van der Waals surface area (Å²) in [6.45, 7) is 0. The zero-order valence-electron chi connectivity index (χ0n) is 10.5. The molecule has 0 bridgehead atoms. The zero-order valence-corrected chi connectivity index (χ0v) is 12.8. The molecular weight excluding hydrogens is 344 g/mol. The number of nitrogens with zero attached hydrogens (tertiary/aromatic N) is 1. The number of nitrogen functional groups attached to an aromatic ring is 1. The predicted molar refractivity (Wildman–Crippen MR) is 83.1 cm³/mol. The number of rotatable bonds is 2. The Morgan fingerprint density at radius 3 is 2.85 bits per heavy atom. The lowest BCUT2D eigenvalue weighted by molar-refractivity contribution is 0.414. The van der Waals surface area contributed by atoms with E-state index in [1.165, 1.54) is 0 Å². The van der Waals surface area contributed by atoms with Gasteiger partial charge in [0, 0.05) is 9.50 Å². The van der Waals surface area contributed by atoms with Crippen LogP contribution in [-0.4, -0.2) is 12.1 Å². The summed E-state index contributed by atoms with van der Waals surface area (Å²) < 4.78 is 11.9. The van der Waals surface area contributed by atoms with Gasteiger partial charge < -0.3 is 14.9 Å². The fraction of sp³-hybridized carbons (Fsp3) is 0.0714. The van der Waals surface area contributed by atoms with Gasteiger partial charge in [-0.2, -0.15) is 0 Å². The molecule has 102 valence electrons. The molecule has 0 unspecified atom stereocenters. The van der Waals surface area contributed by atoms with Crippen LogP contribution in [0.1, 0.15) is 0 Å². The van der Waals surface area contributed by atoms with E-state index in [2.05, 4.69) is 20.9 Å². The van der Waals surface area contributed by atoms with Crippen molar-refractivity contribution in [2.45, 2.75) is 0 Å². The molecule has 0 saturated heterocycles. The summed E-state index contributed by atoms with van der Waals surface area (Å²) in [5, 5.41) is 0.587. The van der Waals surface area contributed by atoms with Gasteiger partial charge in [0.25, 0.3) is 0 Å². The highest BCUT2D eigenvalue weighted by molar-refractivity contribution is 9.10. The SMILES string of the molecule is COc1cc(Cl)ccc1-c1nc2cc(Br)cc(N)c2o1. The van der Waals surface area contributed by atoms with Crippen LogP contribution in [0.4, 0.5) is 5.69 Å². The van der Waals surface area contributed by atoms with Gasteiger partial charge in [-0.3, -0.25) is 0 Å². The fourth-order valence-corrected chi connectivity index (χ4v) is 2.61. The van der Waals surface area contributed by atoms with Crippen molar-refractivity contribution in [2.24, 2.45) is 0 Å². The van der Waals surface area contributed by atoms with Crippen LogP contribution in [-0.2, 0) is 0 Å². The third-order valence-electron chi connectivity index (χ3n) is 2.88. The highest BCUT2D eigenvalue weighted by Crippen LogP contribution is 2.35. The van der Waals surface area contributed by atoms with Gasteiger partial charge in [-0.05, 0) is 30.3 Å². The second-order valence-electron chi connectivity index (χ2n) is 4.21. The summed E-state index contributed by atoms with van der Waals surface area (Å²) >= 11 is 9.33. The van der Waals surface area contributed by atoms with Crippen LogP contribution in [0.25, 0.3) is 22.6 Å². The molecule has 6 heteroatoms. The minimum absolute atomic E-state index is 0.443. The van der Waals surface area contributed by atoms with Crippen LogP contribution in [0.15, 0.2) is 39.2 Å². The normalized spacial score (nSPS) is 10.9. The quantitative estimate of drug-likeness (QED) is 0.689. The predicted octanol–water partition coefficient (Wildman–Crippen LogP) is 4.50. The maximum Gasteiger partial charge on any atom is 0.231 e. The summed E-state index contributed by atoms with van der Waals surface area (Å²) in [5.74, 6) is 1.04. The van der Waals surface area contributed by atoms with Crippen molar-refractivity contribution in [2.75, 3.05) is 12.8 Å². The third kappa shape index (κ3) is 2.23. The molecule has 0 radical (unpaired) electrons. The number of oxazole rings is 1. The maximum atomic E-state index is 5.95. The lowest BCUT2D eigenvalue weighted by Gasteiger charge is -2.05. The Kier molecular flexibility index (Phi) is 3.31. The lowest BCUT2D eigenvalue weighted by Crippen LogP contribution is -1.87. The second kappa shape index (κ2) is 5.00. The number of halogens is 2. The first-order chi connectivity index (χ1) is 9.58. The van der Waals surface area contributed by atoms with Gasteiger partial charge in [-0.15, -0.1) is 0 Å². The molecule has 3 rings (SSSR count). The highest BCUT2D eigenvalue weighted by atomic mass is 79.9. The van der Waals surface area contributed by atoms with Gasteiger partial charge in [0.1, 0.15) is 11.3 Å². The molecule has 2 N–H and O–H groups in total. The molecule has 20 heavy (non-hydrogen) atoms. The van der Waals surface area contributed by atoms with Crippen LogP contribution in [0, 0.1) is 0 Å². The van der Waals surface area contributed by atoms with Crippen LogP contribution >= 0.6 is 27.5 Å². The number of aromatic nitrogens is 1. The van der Waals surface area contributed by atoms with Crippen molar-refractivity contribution in [1.29, 1.82) is 0 Å². The van der Waals surface area contributed by atoms with Gasteiger partial charge in [0.15, 0.2) is 5.58 Å². The van der Waals surface area contributed by atoms with E-state index in [1.54, 1.807) is 31.4 Å². The van der Waals surface area contributed by atoms with E-state index in [4.69, 9.17) is 26.5 Å². The molecule has 1 heterocycles. The number of hydrogen-bond donors (Lipinski definition) is 1. The molecule has 0 aliphatic carbocycles. The van der Waals surface area contributed by atoms with Crippen LogP contribution in [0.3, 0.4) is 0 Å². The van der Waals surface area contributed by atoms with Crippen LogP contribution in [0.2, 0.25) is 5.02 Å². The Morgan fingerprint density at radius 1 is 1.30 bits per heavy atom. The molecule has 0 spiro atoms. The monoisotopic (exact) mass is 352 g/mol. The van der Waals surface area contributed by atoms with Crippen molar-refractivity contribution in [3.05, 3.63) is 39.8 Å². The number of benzene rings is 2. The minimum Gasteiger partial charge on any atom is -0.496 e.